The van der Waals surface area contributed by atoms with Crippen molar-refractivity contribution in [2.45, 2.75) is 6.18 Å². The van der Waals surface area contributed by atoms with Gasteiger partial charge in [0.05, 0.1) is 14.8 Å². The van der Waals surface area contributed by atoms with E-state index in [-0.39, 0.29) is 5.69 Å². The molecule has 8 heteroatoms. The number of alkyl halides is 3. The van der Waals surface area contributed by atoms with Crippen molar-refractivity contribution in [2.75, 3.05) is 5.32 Å². The van der Waals surface area contributed by atoms with Crippen LogP contribution in [0.5, 0.6) is 0 Å². The Morgan fingerprint density at radius 3 is 2.38 bits per heavy atom. The van der Waals surface area contributed by atoms with Crippen LogP contribution in [0.3, 0.4) is 0 Å². The minimum absolute atomic E-state index is 0.224. The summed E-state index contributed by atoms with van der Waals surface area (Å²) in [4.78, 5) is 10.3. The molecule has 0 heterocycles. The van der Waals surface area contributed by atoms with Crippen molar-refractivity contribution < 1.29 is 27.5 Å². The second-order valence-electron chi connectivity index (χ2n) is 2.72. The van der Waals surface area contributed by atoms with E-state index in [0.717, 1.165) is 6.07 Å². The van der Waals surface area contributed by atoms with Gasteiger partial charge in [0.1, 0.15) is 0 Å². The molecule has 0 aliphatic rings. The highest BCUT2D eigenvalue weighted by molar-refractivity contribution is 14.1. The number of nitrogens with one attached hydrogen (secondary N) is 1. The largest absolute Gasteiger partial charge is 0.465 e. The second-order valence-corrected chi connectivity index (χ2v) is 3.80. The van der Waals surface area contributed by atoms with Crippen LogP contribution in [0.25, 0.3) is 0 Å². The van der Waals surface area contributed by atoms with Crippen LogP contribution in [0.2, 0.25) is 0 Å². The third kappa shape index (κ3) is 2.74. The van der Waals surface area contributed by atoms with Gasteiger partial charge in [-0.05, 0) is 34.7 Å². The van der Waals surface area contributed by atoms with Gasteiger partial charge in [0.2, 0.25) is 0 Å². The topological polar surface area (TPSA) is 49.3 Å². The van der Waals surface area contributed by atoms with Crippen molar-refractivity contribution in [1.29, 1.82) is 0 Å². The van der Waals surface area contributed by atoms with E-state index in [1.807, 2.05) is 0 Å². The minimum Gasteiger partial charge on any atom is -0.465 e. The Morgan fingerprint density at radius 2 is 1.94 bits per heavy atom. The number of rotatable bonds is 1. The van der Waals surface area contributed by atoms with E-state index in [1.165, 1.54) is 22.6 Å². The fourth-order valence-corrected chi connectivity index (χ4v) is 1.59. The molecular weight excluding hydrogens is 345 g/mol. The Morgan fingerprint density at radius 1 is 1.38 bits per heavy atom. The molecule has 0 aromatic heterocycles. The van der Waals surface area contributed by atoms with E-state index in [0.29, 0.717) is 6.07 Å². The molecule has 0 aliphatic carbocycles. The monoisotopic (exact) mass is 349 g/mol. The number of amides is 1. The van der Waals surface area contributed by atoms with Gasteiger partial charge in [-0.25, -0.2) is 9.18 Å². The summed E-state index contributed by atoms with van der Waals surface area (Å²) < 4.78 is 49.6. The molecule has 0 spiro atoms. The Bertz CT molecular complexity index is 433. The predicted octanol–water partition coefficient (Wildman–Crippen LogP) is 3.54. The average Bonchev–Trinajstić information content (AvgIpc) is 2.10. The molecule has 0 bridgehead atoms. The zero-order valence-electron chi connectivity index (χ0n) is 7.40. The van der Waals surface area contributed by atoms with Gasteiger partial charge in [0.25, 0.3) is 0 Å². The van der Waals surface area contributed by atoms with Crippen LogP contribution >= 0.6 is 22.6 Å². The lowest BCUT2D eigenvalue weighted by atomic mass is 10.2. The van der Waals surface area contributed by atoms with Gasteiger partial charge < -0.3 is 5.11 Å². The number of carboxylic acid groups (broad SMARTS) is 1. The standard InChI is InChI=1S/C8H4F4INO2/c9-5-3(8(10,11)12)1-2-4(6(5)13)14-7(15)16/h1-2,14H,(H,15,16). The summed E-state index contributed by atoms with van der Waals surface area (Å²) in [5.41, 5.74) is -1.65. The summed E-state index contributed by atoms with van der Waals surface area (Å²) in [7, 11) is 0. The number of benzene rings is 1. The lowest BCUT2D eigenvalue weighted by Gasteiger charge is -2.11. The first-order valence-electron chi connectivity index (χ1n) is 3.78. The van der Waals surface area contributed by atoms with E-state index < -0.39 is 27.2 Å². The smallest absolute Gasteiger partial charge is 0.419 e. The van der Waals surface area contributed by atoms with Crippen molar-refractivity contribution in [3.05, 3.63) is 27.1 Å². The van der Waals surface area contributed by atoms with Crippen molar-refractivity contribution in [2.24, 2.45) is 0 Å². The highest BCUT2D eigenvalue weighted by Crippen LogP contribution is 2.35. The third-order valence-corrected chi connectivity index (χ3v) is 2.68. The molecule has 0 fully saturated rings. The van der Waals surface area contributed by atoms with Crippen LogP contribution in [-0.2, 0) is 6.18 Å². The fourth-order valence-electron chi connectivity index (χ4n) is 0.980. The zero-order chi connectivity index (χ0) is 12.5. The fraction of sp³-hybridized carbons (Fsp3) is 0.125. The molecule has 1 aromatic carbocycles. The Balaban J connectivity index is 3.24. The molecule has 88 valence electrons. The number of carbonyl (C=O) groups is 1. The number of hydrogen-bond donors (Lipinski definition) is 2. The molecular formula is C8H4F4INO2. The molecule has 1 amide bonds. The SMILES string of the molecule is O=C(O)Nc1ccc(C(F)(F)F)c(F)c1I. The summed E-state index contributed by atoms with van der Waals surface area (Å²) in [6.45, 7) is 0. The van der Waals surface area contributed by atoms with Crippen LogP contribution in [-0.4, -0.2) is 11.2 Å². The molecule has 0 aliphatic heterocycles. The number of halogens is 5. The molecule has 16 heavy (non-hydrogen) atoms. The van der Waals surface area contributed by atoms with E-state index in [1.54, 1.807) is 5.32 Å². The normalized spacial score (nSPS) is 11.3. The summed E-state index contributed by atoms with van der Waals surface area (Å²) in [5, 5.41) is 10.1. The molecule has 2 N–H and O–H groups in total. The van der Waals surface area contributed by atoms with Crippen LogP contribution in [0.15, 0.2) is 12.1 Å². The maximum atomic E-state index is 13.2. The summed E-state index contributed by atoms with van der Waals surface area (Å²) in [6, 6.07) is 1.35. The minimum atomic E-state index is -4.80. The van der Waals surface area contributed by atoms with E-state index >= 15 is 0 Å². The van der Waals surface area contributed by atoms with E-state index in [4.69, 9.17) is 5.11 Å². The molecule has 0 saturated heterocycles. The second kappa shape index (κ2) is 4.44. The summed E-state index contributed by atoms with van der Waals surface area (Å²) in [6.07, 6.45) is -6.27. The molecule has 0 atom stereocenters. The van der Waals surface area contributed by atoms with Crippen LogP contribution in [0.4, 0.5) is 28.0 Å². The molecule has 3 nitrogen and oxygen atoms in total. The van der Waals surface area contributed by atoms with Gasteiger partial charge in [0.15, 0.2) is 5.82 Å². The molecule has 0 unspecified atom stereocenters. The summed E-state index contributed by atoms with van der Waals surface area (Å²) >= 11 is 1.30. The average molecular weight is 349 g/mol. The molecule has 0 saturated carbocycles. The van der Waals surface area contributed by atoms with Crippen molar-refractivity contribution in [1.82, 2.24) is 0 Å². The Labute approximate surface area is 101 Å². The zero-order valence-corrected chi connectivity index (χ0v) is 9.56. The first kappa shape index (κ1) is 13.0. The van der Waals surface area contributed by atoms with Crippen molar-refractivity contribution >= 4 is 34.4 Å². The maximum Gasteiger partial charge on any atom is 0.419 e. The van der Waals surface area contributed by atoms with E-state index in [9.17, 15) is 22.4 Å². The third-order valence-electron chi connectivity index (χ3n) is 1.63. The van der Waals surface area contributed by atoms with Gasteiger partial charge in [-0.15, -0.1) is 0 Å². The first-order valence-corrected chi connectivity index (χ1v) is 4.86. The highest BCUT2D eigenvalue weighted by Gasteiger charge is 2.35. The van der Waals surface area contributed by atoms with Gasteiger partial charge >= 0.3 is 12.3 Å². The van der Waals surface area contributed by atoms with Crippen LogP contribution < -0.4 is 5.32 Å². The van der Waals surface area contributed by atoms with Gasteiger partial charge in [-0.3, -0.25) is 5.32 Å². The summed E-state index contributed by atoms with van der Waals surface area (Å²) in [5.74, 6) is -1.49. The lowest BCUT2D eigenvalue weighted by Crippen LogP contribution is -2.13. The van der Waals surface area contributed by atoms with E-state index in [2.05, 4.69) is 0 Å². The lowest BCUT2D eigenvalue weighted by molar-refractivity contribution is -0.140. The van der Waals surface area contributed by atoms with Crippen LogP contribution in [0, 0.1) is 9.39 Å². The van der Waals surface area contributed by atoms with Gasteiger partial charge in [-0.1, -0.05) is 0 Å². The van der Waals surface area contributed by atoms with Crippen LogP contribution in [0.1, 0.15) is 5.56 Å². The highest BCUT2D eigenvalue weighted by atomic mass is 127. The van der Waals surface area contributed by atoms with Crippen molar-refractivity contribution in [3.63, 3.8) is 0 Å². The molecule has 0 radical (unpaired) electrons. The maximum absolute atomic E-state index is 13.2. The Kier molecular flexibility index (Phi) is 3.61. The predicted molar refractivity (Wildman–Crippen MR) is 55.8 cm³/mol. The number of anilines is 1. The van der Waals surface area contributed by atoms with Gasteiger partial charge in [-0.2, -0.15) is 13.2 Å². The Hall–Kier alpha value is -1.06. The first-order chi connectivity index (χ1) is 7.23. The molecule has 1 aromatic rings. The van der Waals surface area contributed by atoms with Gasteiger partial charge in [0, 0.05) is 0 Å². The van der Waals surface area contributed by atoms with Crippen molar-refractivity contribution in [3.8, 4) is 0 Å². The quantitative estimate of drug-likeness (QED) is 0.602. The molecule has 1 rings (SSSR count). The number of hydrogen-bond acceptors (Lipinski definition) is 1.